The summed E-state index contributed by atoms with van der Waals surface area (Å²) in [6.45, 7) is -0.337. The second-order valence-corrected chi connectivity index (χ2v) is 15.9. The van der Waals surface area contributed by atoms with E-state index in [4.69, 9.17) is 18.2 Å². The Balaban J connectivity index is 0.954. The van der Waals surface area contributed by atoms with Crippen molar-refractivity contribution in [1.82, 2.24) is 4.57 Å². The molecule has 278 valence electrons. The third-order valence-electron chi connectivity index (χ3n) is 12.7. The fourth-order valence-electron chi connectivity index (χ4n) is 10.1. The van der Waals surface area contributed by atoms with E-state index in [9.17, 15) is 0 Å². The van der Waals surface area contributed by atoms with Crippen LogP contribution in [0.3, 0.4) is 0 Å². The lowest BCUT2D eigenvalue weighted by Gasteiger charge is -2.33. The number of rotatable bonds is 3. The summed E-state index contributed by atoms with van der Waals surface area (Å²) >= 11 is 0. The number of fused-ring (bicyclic) bond motifs is 13. The van der Waals surface area contributed by atoms with Crippen LogP contribution in [0.1, 0.15) is 0 Å². The van der Waals surface area contributed by atoms with E-state index in [0.717, 1.165) is 111 Å². The van der Waals surface area contributed by atoms with Crippen molar-refractivity contribution >= 4 is 83.5 Å². The molecule has 3 aromatic heterocycles. The average molecular weight is 768 g/mol. The maximum atomic E-state index is 7.08. The number of aromatic nitrogens is 1. The minimum Gasteiger partial charge on any atom is -0.551 e. The van der Waals surface area contributed by atoms with E-state index >= 15 is 0 Å². The molecule has 0 amide bonds. The van der Waals surface area contributed by atoms with Crippen molar-refractivity contribution in [2.45, 2.75) is 0 Å². The Bertz CT molecular complexity index is 3760. The zero-order chi connectivity index (χ0) is 39.1. The van der Waals surface area contributed by atoms with Gasteiger partial charge in [0.25, 0.3) is 0 Å². The van der Waals surface area contributed by atoms with Gasteiger partial charge in [-0.3, -0.25) is 0 Å². The number of para-hydroxylation sites is 5. The molecule has 12 aromatic rings. The van der Waals surface area contributed by atoms with Gasteiger partial charge in [-0.25, -0.2) is 0 Å². The molecular formula is C54H30BNO4. The lowest BCUT2D eigenvalue weighted by molar-refractivity contribution is 0.480. The van der Waals surface area contributed by atoms with Crippen molar-refractivity contribution in [3.63, 3.8) is 0 Å². The van der Waals surface area contributed by atoms with Gasteiger partial charge in [0, 0.05) is 54.4 Å². The Hall–Kier alpha value is -7.96. The van der Waals surface area contributed by atoms with E-state index in [1.54, 1.807) is 0 Å². The van der Waals surface area contributed by atoms with Crippen LogP contribution in [0.5, 0.6) is 17.2 Å². The van der Waals surface area contributed by atoms with Gasteiger partial charge in [-0.1, -0.05) is 115 Å². The topological polar surface area (TPSA) is 49.7 Å². The van der Waals surface area contributed by atoms with Crippen LogP contribution in [-0.4, -0.2) is 11.5 Å². The Morgan fingerprint density at radius 1 is 0.383 bits per heavy atom. The van der Waals surface area contributed by atoms with Crippen LogP contribution in [0.25, 0.3) is 105 Å². The van der Waals surface area contributed by atoms with Gasteiger partial charge in [-0.15, -0.1) is 0 Å². The monoisotopic (exact) mass is 767 g/mol. The molecule has 9 aromatic carbocycles. The molecular weight excluding hydrogens is 737 g/mol. The quantitative estimate of drug-likeness (QED) is 0.168. The molecule has 0 aliphatic carbocycles. The van der Waals surface area contributed by atoms with Gasteiger partial charge in [-0.05, 0) is 89.0 Å². The van der Waals surface area contributed by atoms with Crippen molar-refractivity contribution in [3.05, 3.63) is 182 Å². The van der Waals surface area contributed by atoms with Crippen LogP contribution in [0.15, 0.2) is 191 Å². The molecule has 0 saturated carbocycles. The maximum absolute atomic E-state index is 7.08. The molecule has 0 saturated heterocycles. The third-order valence-corrected chi connectivity index (χ3v) is 12.7. The molecule has 0 radical (unpaired) electrons. The summed E-state index contributed by atoms with van der Waals surface area (Å²) in [5.74, 6) is 2.42. The number of benzene rings is 9. The van der Waals surface area contributed by atoms with Crippen LogP contribution in [-0.2, 0) is 0 Å². The summed E-state index contributed by atoms with van der Waals surface area (Å²) in [6.07, 6.45) is 0. The zero-order valence-electron chi connectivity index (χ0n) is 32.0. The molecule has 60 heavy (non-hydrogen) atoms. The summed E-state index contributed by atoms with van der Waals surface area (Å²) in [5, 5.41) is 6.64. The maximum Gasteiger partial charge on any atom is 0.434 e. The van der Waals surface area contributed by atoms with E-state index in [0.29, 0.717) is 0 Å². The molecule has 14 rings (SSSR count). The van der Waals surface area contributed by atoms with Crippen molar-refractivity contribution in [3.8, 4) is 56.3 Å². The summed E-state index contributed by atoms with van der Waals surface area (Å²) in [6, 6.07) is 64.0. The summed E-state index contributed by atoms with van der Waals surface area (Å²) < 4.78 is 29.3. The first-order valence-electron chi connectivity index (χ1n) is 20.3. The molecule has 0 fully saturated rings. The van der Waals surface area contributed by atoms with Crippen LogP contribution in [0.4, 0.5) is 0 Å². The minimum atomic E-state index is -0.337. The minimum absolute atomic E-state index is 0.337. The van der Waals surface area contributed by atoms with Crippen molar-refractivity contribution in [2.24, 2.45) is 0 Å². The van der Waals surface area contributed by atoms with Crippen LogP contribution >= 0.6 is 0 Å². The van der Waals surface area contributed by atoms with Gasteiger partial charge < -0.3 is 22.8 Å². The molecule has 2 aliphatic rings. The number of nitrogens with zero attached hydrogens (tertiary/aromatic N) is 1. The first-order chi connectivity index (χ1) is 29.7. The second kappa shape index (κ2) is 11.8. The number of hydrogen-bond donors (Lipinski definition) is 0. The molecule has 0 bridgehead atoms. The molecule has 5 heterocycles. The lowest BCUT2D eigenvalue weighted by atomic mass is 9.50. The standard InChI is InChI=1S/C54H30BNO4/c1-6-18-43(56-44-19-7-2-13-35(44)36-14-3-8-20-45(36)56)33(12-1)31-24-25-42-51(27-31)59-52-28-32(26-40-38-16-5-10-22-47(38)60-55(42)54(40)52)34-17-11-23-48-53(34)41-30-49-39(29-50(41)58-48)37-15-4-9-21-46(37)57-49/h1-30H. The van der Waals surface area contributed by atoms with Gasteiger partial charge in [0.1, 0.15) is 39.6 Å². The molecule has 6 heteroatoms. The van der Waals surface area contributed by atoms with Gasteiger partial charge in [0.05, 0.1) is 16.7 Å². The number of ether oxygens (including phenoxy) is 1. The number of furan rings is 2. The molecule has 5 nitrogen and oxygen atoms in total. The predicted molar refractivity (Wildman–Crippen MR) is 244 cm³/mol. The summed E-state index contributed by atoms with van der Waals surface area (Å²) in [7, 11) is 0. The summed E-state index contributed by atoms with van der Waals surface area (Å²) in [4.78, 5) is 0. The fraction of sp³-hybridized carbons (Fsp3) is 0. The molecule has 0 atom stereocenters. The van der Waals surface area contributed by atoms with Crippen LogP contribution in [0.2, 0.25) is 0 Å². The first-order valence-corrected chi connectivity index (χ1v) is 20.3. The van der Waals surface area contributed by atoms with Gasteiger partial charge >= 0.3 is 6.92 Å². The molecule has 2 aliphatic heterocycles. The van der Waals surface area contributed by atoms with Gasteiger partial charge in [-0.2, -0.15) is 0 Å². The van der Waals surface area contributed by atoms with Crippen molar-refractivity contribution in [2.75, 3.05) is 0 Å². The second-order valence-electron chi connectivity index (χ2n) is 15.9. The fourth-order valence-corrected chi connectivity index (χ4v) is 10.1. The average Bonchev–Trinajstić information content (AvgIpc) is 3.97. The van der Waals surface area contributed by atoms with Crippen molar-refractivity contribution < 1.29 is 18.2 Å². The normalized spacial score (nSPS) is 12.9. The van der Waals surface area contributed by atoms with Gasteiger partial charge in [0.15, 0.2) is 0 Å². The smallest absolute Gasteiger partial charge is 0.434 e. The van der Waals surface area contributed by atoms with E-state index in [1.165, 1.54) is 21.8 Å². The first kappa shape index (κ1) is 32.1. The Morgan fingerprint density at radius 3 is 1.90 bits per heavy atom. The van der Waals surface area contributed by atoms with E-state index in [2.05, 4.69) is 156 Å². The van der Waals surface area contributed by atoms with Gasteiger partial charge in [0.2, 0.25) is 0 Å². The SMILES string of the molecule is c1ccc2c(c1)OB1c3ccc(-c4ccccc4-n4c5ccccc5c5ccccc54)cc3Oc3cc(-c4cccc5oc6cc7c(cc6c45)oc4ccccc47)cc-2c31. The Morgan fingerprint density at radius 2 is 1.03 bits per heavy atom. The third kappa shape index (κ3) is 4.37. The lowest BCUT2D eigenvalue weighted by Crippen LogP contribution is -2.53. The Kier molecular flexibility index (Phi) is 6.31. The van der Waals surface area contributed by atoms with Crippen LogP contribution < -0.4 is 20.3 Å². The van der Waals surface area contributed by atoms with E-state index < -0.39 is 0 Å². The Labute approximate surface area is 343 Å². The highest BCUT2D eigenvalue weighted by atomic mass is 16.5. The highest BCUT2D eigenvalue weighted by molar-refractivity contribution is 6.84. The highest BCUT2D eigenvalue weighted by Gasteiger charge is 2.41. The highest BCUT2D eigenvalue weighted by Crippen LogP contribution is 2.46. The predicted octanol–water partition coefficient (Wildman–Crippen LogP) is 13.2. The zero-order valence-corrected chi connectivity index (χ0v) is 32.0. The van der Waals surface area contributed by atoms with Crippen molar-refractivity contribution in [1.29, 1.82) is 0 Å². The number of hydrogen-bond acceptors (Lipinski definition) is 4. The molecule has 0 unspecified atom stereocenters. The molecule has 0 spiro atoms. The van der Waals surface area contributed by atoms with E-state index in [1.807, 2.05) is 30.3 Å². The molecule has 0 N–H and O–H groups in total. The van der Waals surface area contributed by atoms with Crippen LogP contribution in [0, 0.1) is 0 Å². The summed E-state index contributed by atoms with van der Waals surface area (Å²) in [5.41, 5.74) is 15.3. The van der Waals surface area contributed by atoms with E-state index in [-0.39, 0.29) is 6.92 Å². The largest absolute Gasteiger partial charge is 0.551 e.